The van der Waals surface area contributed by atoms with Gasteiger partial charge in [0.25, 0.3) is 0 Å². The smallest absolute Gasteiger partial charge is 0.0461 e. The van der Waals surface area contributed by atoms with Crippen LogP contribution in [0.25, 0.3) is 0 Å². The summed E-state index contributed by atoms with van der Waals surface area (Å²) in [5.41, 5.74) is 7.65. The summed E-state index contributed by atoms with van der Waals surface area (Å²) >= 11 is 0. The van der Waals surface area contributed by atoms with Gasteiger partial charge in [0.1, 0.15) is 0 Å². The van der Waals surface area contributed by atoms with Gasteiger partial charge in [-0.1, -0.05) is 72.5 Å². The molecular weight excluding hydrogens is 398 g/mol. The number of aryl methyl sites for hydroxylation is 3. The number of hydrogen-bond acceptors (Lipinski definition) is 1. The SMILES string of the molecule is Cc1ccc(N(c2ccc(C)cc2)c2ccc(CCCCCC3CC4C=CC3C4)cc2)cc1. The van der Waals surface area contributed by atoms with Crippen LogP contribution in [0.3, 0.4) is 0 Å². The van der Waals surface area contributed by atoms with E-state index < -0.39 is 0 Å². The van der Waals surface area contributed by atoms with Crippen molar-refractivity contribution in [2.45, 2.75) is 58.8 Å². The molecule has 2 aliphatic rings. The standard InChI is InChI=1S/C32H37N/c1-24-8-16-30(17-9-24)33(31-18-10-25(2)11-19-31)32-20-13-26(14-21-32)6-4-3-5-7-28-22-27-12-15-29(28)23-27/h8-21,27-29H,3-7,22-23H2,1-2H3. The molecular formula is C32H37N. The summed E-state index contributed by atoms with van der Waals surface area (Å²) in [5.74, 6) is 2.80. The molecule has 0 N–H and O–H groups in total. The molecule has 0 saturated heterocycles. The Balaban J connectivity index is 1.20. The van der Waals surface area contributed by atoms with Gasteiger partial charge < -0.3 is 4.90 Å². The van der Waals surface area contributed by atoms with E-state index in [4.69, 9.17) is 0 Å². The minimum absolute atomic E-state index is 0.910. The van der Waals surface area contributed by atoms with E-state index >= 15 is 0 Å². The van der Waals surface area contributed by atoms with Crippen LogP contribution < -0.4 is 4.90 Å². The molecule has 1 heteroatoms. The van der Waals surface area contributed by atoms with E-state index in [1.807, 2.05) is 0 Å². The summed E-state index contributed by atoms with van der Waals surface area (Å²) in [6.07, 6.45) is 14.5. The molecule has 3 atom stereocenters. The second-order valence-electron chi connectivity index (χ2n) is 10.3. The fourth-order valence-electron chi connectivity index (χ4n) is 5.79. The molecule has 33 heavy (non-hydrogen) atoms. The maximum atomic E-state index is 2.50. The van der Waals surface area contributed by atoms with Gasteiger partial charge in [0.2, 0.25) is 0 Å². The third-order valence-electron chi connectivity index (χ3n) is 7.74. The molecule has 0 amide bonds. The van der Waals surface area contributed by atoms with E-state index in [0.717, 1.165) is 17.8 Å². The number of hydrogen-bond donors (Lipinski definition) is 0. The lowest BCUT2D eigenvalue weighted by atomic mass is 9.88. The quantitative estimate of drug-likeness (QED) is 0.239. The average Bonchev–Trinajstić information content (AvgIpc) is 3.46. The van der Waals surface area contributed by atoms with E-state index in [9.17, 15) is 0 Å². The lowest BCUT2D eigenvalue weighted by Gasteiger charge is -2.26. The van der Waals surface area contributed by atoms with Crippen LogP contribution in [0.2, 0.25) is 0 Å². The molecule has 2 bridgehead atoms. The second-order valence-corrected chi connectivity index (χ2v) is 10.3. The molecule has 0 aromatic heterocycles. The van der Waals surface area contributed by atoms with Crippen LogP contribution in [0.1, 0.15) is 55.2 Å². The molecule has 0 heterocycles. The van der Waals surface area contributed by atoms with Gasteiger partial charge in [-0.05, 0) is 106 Å². The Morgan fingerprint density at radius 1 is 0.636 bits per heavy atom. The van der Waals surface area contributed by atoms with E-state index in [1.165, 1.54) is 78.7 Å². The Kier molecular flexibility index (Phi) is 6.67. The zero-order valence-corrected chi connectivity index (χ0v) is 20.2. The first-order valence-corrected chi connectivity index (χ1v) is 12.9. The normalized spacial score (nSPS) is 21.0. The number of anilines is 3. The molecule has 1 nitrogen and oxygen atoms in total. The van der Waals surface area contributed by atoms with Crippen molar-refractivity contribution in [1.82, 2.24) is 0 Å². The third-order valence-corrected chi connectivity index (χ3v) is 7.74. The Bertz CT molecular complexity index is 1010. The fraction of sp³-hybridized carbons (Fsp3) is 0.375. The lowest BCUT2D eigenvalue weighted by Crippen LogP contribution is -2.10. The first-order valence-electron chi connectivity index (χ1n) is 12.9. The molecule has 3 aromatic rings. The van der Waals surface area contributed by atoms with E-state index in [0.29, 0.717) is 0 Å². The summed E-state index contributed by atoms with van der Waals surface area (Å²) in [5, 5.41) is 0. The largest absolute Gasteiger partial charge is 0.311 e. The molecule has 5 rings (SSSR count). The molecule has 1 fully saturated rings. The molecule has 2 aliphatic carbocycles. The van der Waals surface area contributed by atoms with Gasteiger partial charge in [-0.3, -0.25) is 0 Å². The number of nitrogens with zero attached hydrogens (tertiary/aromatic N) is 1. The van der Waals surface area contributed by atoms with Crippen molar-refractivity contribution in [3.8, 4) is 0 Å². The van der Waals surface area contributed by atoms with Crippen LogP contribution in [0.15, 0.2) is 84.9 Å². The van der Waals surface area contributed by atoms with Gasteiger partial charge in [-0.2, -0.15) is 0 Å². The Morgan fingerprint density at radius 2 is 1.21 bits per heavy atom. The summed E-state index contributed by atoms with van der Waals surface area (Å²) in [6, 6.07) is 26.9. The average molecular weight is 436 g/mol. The maximum absolute atomic E-state index is 2.50. The van der Waals surface area contributed by atoms with Crippen LogP contribution in [0, 0.1) is 31.6 Å². The summed E-state index contributed by atoms with van der Waals surface area (Å²) in [6.45, 7) is 4.29. The molecule has 0 spiro atoms. The molecule has 3 unspecified atom stereocenters. The minimum atomic E-state index is 0.910. The summed E-state index contributed by atoms with van der Waals surface area (Å²) < 4.78 is 0. The van der Waals surface area contributed by atoms with Gasteiger partial charge >= 0.3 is 0 Å². The van der Waals surface area contributed by atoms with Gasteiger partial charge in [0, 0.05) is 17.1 Å². The van der Waals surface area contributed by atoms with Crippen molar-refractivity contribution < 1.29 is 0 Å². The van der Waals surface area contributed by atoms with E-state index in [-0.39, 0.29) is 0 Å². The Labute approximate surface area is 200 Å². The fourth-order valence-corrected chi connectivity index (χ4v) is 5.79. The van der Waals surface area contributed by atoms with Gasteiger partial charge in [0.05, 0.1) is 0 Å². The topological polar surface area (TPSA) is 3.24 Å². The van der Waals surface area contributed by atoms with E-state index in [1.54, 1.807) is 0 Å². The van der Waals surface area contributed by atoms with Crippen molar-refractivity contribution in [2.24, 2.45) is 17.8 Å². The number of rotatable bonds is 9. The van der Waals surface area contributed by atoms with E-state index in [2.05, 4.69) is 104 Å². The Morgan fingerprint density at radius 3 is 1.73 bits per heavy atom. The van der Waals surface area contributed by atoms with Crippen molar-refractivity contribution in [3.05, 3.63) is 102 Å². The second kappa shape index (κ2) is 10.00. The highest BCUT2D eigenvalue weighted by molar-refractivity contribution is 5.76. The highest BCUT2D eigenvalue weighted by Gasteiger charge is 2.34. The zero-order chi connectivity index (χ0) is 22.6. The first kappa shape index (κ1) is 22.0. The van der Waals surface area contributed by atoms with Crippen LogP contribution in [-0.4, -0.2) is 0 Å². The highest BCUT2D eigenvalue weighted by atomic mass is 15.1. The first-order chi connectivity index (χ1) is 16.2. The van der Waals surface area contributed by atoms with Crippen LogP contribution >= 0.6 is 0 Å². The van der Waals surface area contributed by atoms with Crippen molar-refractivity contribution in [1.29, 1.82) is 0 Å². The maximum Gasteiger partial charge on any atom is 0.0461 e. The monoisotopic (exact) mass is 435 g/mol. The molecule has 0 aliphatic heterocycles. The summed E-state index contributed by atoms with van der Waals surface area (Å²) in [4.78, 5) is 2.35. The number of allylic oxidation sites excluding steroid dienone is 2. The van der Waals surface area contributed by atoms with Gasteiger partial charge in [0.15, 0.2) is 0 Å². The number of fused-ring (bicyclic) bond motifs is 2. The van der Waals surface area contributed by atoms with Crippen LogP contribution in [-0.2, 0) is 6.42 Å². The molecule has 0 radical (unpaired) electrons. The predicted octanol–water partition coefficient (Wildman–Crippen LogP) is 9.09. The van der Waals surface area contributed by atoms with Crippen molar-refractivity contribution in [2.75, 3.05) is 4.90 Å². The minimum Gasteiger partial charge on any atom is -0.311 e. The third kappa shape index (κ3) is 5.24. The molecule has 3 aromatic carbocycles. The number of unbranched alkanes of at least 4 members (excludes halogenated alkanes) is 2. The van der Waals surface area contributed by atoms with Crippen LogP contribution in [0.4, 0.5) is 17.1 Å². The van der Waals surface area contributed by atoms with Crippen molar-refractivity contribution >= 4 is 17.1 Å². The highest BCUT2D eigenvalue weighted by Crippen LogP contribution is 2.45. The zero-order valence-electron chi connectivity index (χ0n) is 20.2. The number of benzene rings is 3. The summed E-state index contributed by atoms with van der Waals surface area (Å²) in [7, 11) is 0. The van der Waals surface area contributed by atoms with Gasteiger partial charge in [-0.15, -0.1) is 0 Å². The molecule has 1 saturated carbocycles. The molecule has 170 valence electrons. The Hall–Kier alpha value is -2.80. The lowest BCUT2D eigenvalue weighted by molar-refractivity contribution is 0.396. The van der Waals surface area contributed by atoms with Gasteiger partial charge in [-0.25, -0.2) is 0 Å². The predicted molar refractivity (Wildman–Crippen MR) is 142 cm³/mol. The van der Waals surface area contributed by atoms with Crippen molar-refractivity contribution in [3.63, 3.8) is 0 Å². The van der Waals surface area contributed by atoms with Crippen LogP contribution in [0.5, 0.6) is 0 Å².